The quantitative estimate of drug-likeness (QED) is 0.856. The summed E-state index contributed by atoms with van der Waals surface area (Å²) in [6.45, 7) is 3.50. The molecule has 1 aliphatic heterocycles. The van der Waals surface area contributed by atoms with Gasteiger partial charge in [0.2, 0.25) is 0 Å². The van der Waals surface area contributed by atoms with Crippen LogP contribution >= 0.6 is 0 Å². The Hall–Kier alpha value is -1.88. The topological polar surface area (TPSA) is 69.6 Å². The Bertz CT molecular complexity index is 530. The molecule has 0 spiro atoms. The van der Waals surface area contributed by atoms with Crippen molar-refractivity contribution < 1.29 is 14.7 Å². The molecule has 1 saturated heterocycles. The molecule has 1 aliphatic rings. The summed E-state index contributed by atoms with van der Waals surface area (Å²) in [5.41, 5.74) is 1.69. The summed E-state index contributed by atoms with van der Waals surface area (Å²) < 4.78 is 0. The van der Waals surface area contributed by atoms with Crippen LogP contribution in [0.25, 0.3) is 0 Å². The van der Waals surface area contributed by atoms with Crippen LogP contribution in [0.4, 0.5) is 0 Å². The Morgan fingerprint density at radius 1 is 1.33 bits per heavy atom. The van der Waals surface area contributed by atoms with Gasteiger partial charge in [-0.1, -0.05) is 25.1 Å². The van der Waals surface area contributed by atoms with E-state index in [0.29, 0.717) is 18.7 Å². The first-order valence-electron chi connectivity index (χ1n) is 7.29. The van der Waals surface area contributed by atoms with Crippen molar-refractivity contribution >= 4 is 11.9 Å². The third-order valence-corrected chi connectivity index (χ3v) is 4.11. The summed E-state index contributed by atoms with van der Waals surface area (Å²) in [5, 5.41) is 12.3. The number of carbonyl (C=O) groups excluding carboxylic acids is 1. The van der Waals surface area contributed by atoms with Crippen molar-refractivity contribution in [1.29, 1.82) is 0 Å². The van der Waals surface area contributed by atoms with Crippen molar-refractivity contribution in [2.45, 2.75) is 13.3 Å². The number of nitrogens with zero attached hydrogens (tertiary/aromatic N) is 1. The van der Waals surface area contributed by atoms with Crippen molar-refractivity contribution in [2.24, 2.45) is 11.8 Å². The van der Waals surface area contributed by atoms with Crippen molar-refractivity contribution in [2.75, 3.05) is 26.7 Å². The summed E-state index contributed by atoms with van der Waals surface area (Å²) >= 11 is 0. The van der Waals surface area contributed by atoms with Gasteiger partial charge in [0.25, 0.3) is 5.91 Å². The molecule has 2 N–H and O–H groups in total. The molecule has 0 unspecified atom stereocenters. The SMILES string of the molecule is CNCCc1ccccc1C(=O)N1C[C@@H](C)[C@H](C(=O)O)C1. The second-order valence-corrected chi connectivity index (χ2v) is 5.64. The Morgan fingerprint density at radius 2 is 2.05 bits per heavy atom. The predicted molar refractivity (Wildman–Crippen MR) is 80.3 cm³/mol. The average molecular weight is 290 g/mol. The Labute approximate surface area is 125 Å². The van der Waals surface area contributed by atoms with Gasteiger partial charge in [-0.05, 0) is 37.6 Å². The number of carboxylic acids is 1. The fourth-order valence-electron chi connectivity index (χ4n) is 2.83. The summed E-state index contributed by atoms with van der Waals surface area (Å²) in [5.74, 6) is -1.34. The first-order valence-corrected chi connectivity index (χ1v) is 7.29. The third-order valence-electron chi connectivity index (χ3n) is 4.11. The maximum atomic E-state index is 12.7. The van der Waals surface area contributed by atoms with Gasteiger partial charge in [0.1, 0.15) is 0 Å². The smallest absolute Gasteiger partial charge is 0.308 e. The number of nitrogens with one attached hydrogen (secondary N) is 1. The summed E-state index contributed by atoms with van der Waals surface area (Å²) in [6.07, 6.45) is 0.782. The van der Waals surface area contributed by atoms with Gasteiger partial charge in [0.05, 0.1) is 5.92 Å². The van der Waals surface area contributed by atoms with Gasteiger partial charge >= 0.3 is 5.97 Å². The Kier molecular flexibility index (Phi) is 4.96. The van der Waals surface area contributed by atoms with Gasteiger partial charge < -0.3 is 15.3 Å². The molecular formula is C16H22N2O3. The average Bonchev–Trinajstić information content (AvgIpc) is 2.87. The lowest BCUT2D eigenvalue weighted by molar-refractivity contribution is -0.142. The highest BCUT2D eigenvalue weighted by Gasteiger charge is 2.37. The molecule has 5 nitrogen and oxygen atoms in total. The fourth-order valence-corrected chi connectivity index (χ4v) is 2.83. The largest absolute Gasteiger partial charge is 0.481 e. The van der Waals surface area contributed by atoms with E-state index >= 15 is 0 Å². The number of likely N-dealkylation sites (N-methyl/N-ethyl adjacent to an activating group) is 1. The van der Waals surface area contributed by atoms with E-state index in [0.717, 1.165) is 18.5 Å². The Balaban J connectivity index is 2.16. The number of hydrogen-bond acceptors (Lipinski definition) is 3. The summed E-state index contributed by atoms with van der Waals surface area (Å²) in [4.78, 5) is 25.5. The molecule has 1 heterocycles. The van der Waals surface area contributed by atoms with Gasteiger partial charge in [-0.15, -0.1) is 0 Å². The number of carboxylic acid groups (broad SMARTS) is 1. The monoisotopic (exact) mass is 290 g/mol. The molecule has 1 aromatic rings. The molecule has 21 heavy (non-hydrogen) atoms. The molecule has 0 radical (unpaired) electrons. The predicted octanol–water partition coefficient (Wildman–Crippen LogP) is 1.24. The van der Waals surface area contributed by atoms with E-state index in [2.05, 4.69) is 5.32 Å². The fraction of sp³-hybridized carbons (Fsp3) is 0.500. The van der Waals surface area contributed by atoms with Crippen molar-refractivity contribution in [3.8, 4) is 0 Å². The summed E-state index contributed by atoms with van der Waals surface area (Å²) in [7, 11) is 1.88. The molecular weight excluding hydrogens is 268 g/mol. The lowest BCUT2D eigenvalue weighted by atomic mass is 9.99. The minimum Gasteiger partial charge on any atom is -0.481 e. The lowest BCUT2D eigenvalue weighted by Crippen LogP contribution is -2.31. The first kappa shape index (κ1) is 15.5. The van der Waals surface area contributed by atoms with Gasteiger partial charge in [0, 0.05) is 18.7 Å². The summed E-state index contributed by atoms with van der Waals surface area (Å²) in [6, 6.07) is 7.56. The van der Waals surface area contributed by atoms with Crippen LogP contribution in [0.2, 0.25) is 0 Å². The highest BCUT2D eigenvalue weighted by Crippen LogP contribution is 2.25. The van der Waals surface area contributed by atoms with Crippen molar-refractivity contribution in [1.82, 2.24) is 10.2 Å². The van der Waals surface area contributed by atoms with Crippen molar-refractivity contribution in [3.63, 3.8) is 0 Å². The molecule has 1 fully saturated rings. The van der Waals surface area contributed by atoms with Gasteiger partial charge in [-0.2, -0.15) is 0 Å². The number of aliphatic carboxylic acids is 1. The van der Waals surface area contributed by atoms with Crippen LogP contribution in [0.1, 0.15) is 22.8 Å². The number of likely N-dealkylation sites (tertiary alicyclic amines) is 1. The van der Waals surface area contributed by atoms with Crippen LogP contribution in [0.5, 0.6) is 0 Å². The Morgan fingerprint density at radius 3 is 2.67 bits per heavy atom. The van der Waals surface area contributed by atoms with Crippen molar-refractivity contribution in [3.05, 3.63) is 35.4 Å². The highest BCUT2D eigenvalue weighted by molar-refractivity contribution is 5.96. The molecule has 114 valence electrons. The minimum absolute atomic E-state index is 0.00378. The zero-order valence-corrected chi connectivity index (χ0v) is 12.5. The van der Waals surface area contributed by atoms with E-state index in [1.807, 2.05) is 38.2 Å². The molecule has 0 saturated carbocycles. The minimum atomic E-state index is -0.818. The second kappa shape index (κ2) is 6.72. The molecule has 0 bridgehead atoms. The van der Waals surface area contributed by atoms with Gasteiger partial charge in [0.15, 0.2) is 0 Å². The maximum absolute atomic E-state index is 12.7. The molecule has 1 amide bonds. The van der Waals surface area contributed by atoms with Crippen LogP contribution in [0, 0.1) is 11.8 Å². The van der Waals surface area contributed by atoms with Crippen LogP contribution in [0.15, 0.2) is 24.3 Å². The number of rotatable bonds is 5. The number of hydrogen-bond donors (Lipinski definition) is 2. The van der Waals surface area contributed by atoms with E-state index in [1.54, 1.807) is 4.90 Å². The van der Waals surface area contributed by atoms with Crippen LogP contribution in [-0.4, -0.2) is 48.6 Å². The van der Waals surface area contributed by atoms with E-state index in [4.69, 9.17) is 0 Å². The molecule has 1 aromatic carbocycles. The first-order chi connectivity index (χ1) is 10.0. The molecule has 2 rings (SSSR count). The van der Waals surface area contributed by atoms with Crippen LogP contribution in [0.3, 0.4) is 0 Å². The molecule has 2 atom stereocenters. The van der Waals surface area contributed by atoms with Gasteiger partial charge in [-0.3, -0.25) is 9.59 Å². The zero-order valence-electron chi connectivity index (χ0n) is 12.5. The lowest BCUT2D eigenvalue weighted by Gasteiger charge is -2.18. The zero-order chi connectivity index (χ0) is 15.4. The number of carbonyl (C=O) groups is 2. The molecule has 0 aliphatic carbocycles. The van der Waals surface area contributed by atoms with Gasteiger partial charge in [-0.25, -0.2) is 0 Å². The molecule has 5 heteroatoms. The van der Waals surface area contributed by atoms with Crippen LogP contribution < -0.4 is 5.32 Å². The standard InChI is InChI=1S/C16H22N2O3/c1-11-9-18(10-14(11)16(20)21)15(19)13-6-4-3-5-12(13)7-8-17-2/h3-6,11,14,17H,7-10H2,1-2H3,(H,20,21)/t11-,14-/m1/s1. The van der Waals surface area contributed by atoms with E-state index in [-0.39, 0.29) is 11.8 Å². The highest BCUT2D eigenvalue weighted by atomic mass is 16.4. The third kappa shape index (κ3) is 3.42. The molecule has 0 aromatic heterocycles. The van der Waals surface area contributed by atoms with Crippen LogP contribution in [-0.2, 0) is 11.2 Å². The normalized spacial score (nSPS) is 21.5. The van der Waals surface area contributed by atoms with E-state index in [1.165, 1.54) is 0 Å². The number of amides is 1. The van der Waals surface area contributed by atoms with E-state index < -0.39 is 11.9 Å². The van der Waals surface area contributed by atoms with E-state index in [9.17, 15) is 14.7 Å². The maximum Gasteiger partial charge on any atom is 0.308 e. The number of benzene rings is 1. The second-order valence-electron chi connectivity index (χ2n) is 5.64.